The third-order valence-corrected chi connectivity index (χ3v) is 2.54. The molecule has 0 amide bonds. The summed E-state index contributed by atoms with van der Waals surface area (Å²) in [5.74, 6) is -2.17. The zero-order valence-electron chi connectivity index (χ0n) is 9.01. The molecule has 0 bridgehead atoms. The number of carbonyl (C=O) groups is 2. The van der Waals surface area contributed by atoms with Crippen LogP contribution in [-0.4, -0.2) is 22.2 Å². The van der Waals surface area contributed by atoms with Gasteiger partial charge >= 0.3 is 11.9 Å². The molecule has 0 saturated carbocycles. The van der Waals surface area contributed by atoms with E-state index in [9.17, 15) is 9.59 Å². The summed E-state index contributed by atoms with van der Waals surface area (Å²) in [6, 6.07) is 6.55. The van der Waals surface area contributed by atoms with Crippen LogP contribution in [0.2, 0.25) is 0 Å². The molecule has 0 aliphatic rings. The second-order valence-corrected chi connectivity index (χ2v) is 3.60. The zero-order valence-corrected chi connectivity index (χ0v) is 9.01. The van der Waals surface area contributed by atoms with Crippen LogP contribution in [0.5, 0.6) is 0 Å². The van der Waals surface area contributed by atoms with E-state index < -0.39 is 11.9 Å². The van der Waals surface area contributed by atoms with Crippen LogP contribution in [0.3, 0.4) is 0 Å². The number of hydrogen-bond acceptors (Lipinski definition) is 2. The first-order chi connectivity index (χ1) is 7.56. The molecule has 4 nitrogen and oxygen atoms in total. The minimum absolute atomic E-state index is 0.0409. The fourth-order valence-electron chi connectivity index (χ4n) is 1.73. The molecule has 1 rings (SSSR count). The lowest BCUT2D eigenvalue weighted by molar-refractivity contribution is -0.137. The Morgan fingerprint density at radius 2 is 1.88 bits per heavy atom. The van der Waals surface area contributed by atoms with Gasteiger partial charge in [0.15, 0.2) is 0 Å². The number of carboxylic acids is 2. The minimum Gasteiger partial charge on any atom is -0.481 e. The van der Waals surface area contributed by atoms with Crippen LogP contribution < -0.4 is 0 Å². The number of aromatic carboxylic acids is 1. The Bertz CT molecular complexity index is 398. The normalized spacial score (nSPS) is 12.1. The lowest BCUT2D eigenvalue weighted by atomic mass is 9.89. The quantitative estimate of drug-likeness (QED) is 0.801. The SMILES string of the molecule is CCC(CC(=O)O)c1ccccc1C(=O)O. The van der Waals surface area contributed by atoms with Gasteiger partial charge in [-0.1, -0.05) is 25.1 Å². The third-order valence-electron chi connectivity index (χ3n) is 2.54. The molecular formula is C12H14O4. The summed E-state index contributed by atoms with van der Waals surface area (Å²) in [6.45, 7) is 1.85. The van der Waals surface area contributed by atoms with Gasteiger partial charge in [-0.2, -0.15) is 0 Å². The molecular weight excluding hydrogens is 208 g/mol. The van der Waals surface area contributed by atoms with Gasteiger partial charge in [0.25, 0.3) is 0 Å². The third kappa shape index (κ3) is 2.82. The Kier molecular flexibility index (Phi) is 4.05. The fraction of sp³-hybridized carbons (Fsp3) is 0.333. The molecule has 1 aromatic carbocycles. The van der Waals surface area contributed by atoms with Crippen LogP contribution in [0, 0.1) is 0 Å². The fourth-order valence-corrected chi connectivity index (χ4v) is 1.73. The summed E-state index contributed by atoms with van der Waals surface area (Å²) in [5, 5.41) is 17.8. The summed E-state index contributed by atoms with van der Waals surface area (Å²) in [5.41, 5.74) is 0.788. The number of hydrogen-bond donors (Lipinski definition) is 2. The maximum atomic E-state index is 11.0. The van der Waals surface area contributed by atoms with Crippen LogP contribution in [0.1, 0.15) is 41.6 Å². The van der Waals surface area contributed by atoms with Crippen LogP contribution >= 0.6 is 0 Å². The second kappa shape index (κ2) is 5.30. The van der Waals surface area contributed by atoms with Crippen molar-refractivity contribution in [3.8, 4) is 0 Å². The van der Waals surface area contributed by atoms with Gasteiger partial charge in [-0.25, -0.2) is 4.79 Å². The Morgan fingerprint density at radius 1 is 1.25 bits per heavy atom. The van der Waals surface area contributed by atoms with Gasteiger partial charge in [0, 0.05) is 0 Å². The van der Waals surface area contributed by atoms with Gasteiger partial charge in [0.1, 0.15) is 0 Å². The average molecular weight is 222 g/mol. The molecule has 0 aliphatic carbocycles. The summed E-state index contributed by atoms with van der Waals surface area (Å²) < 4.78 is 0. The van der Waals surface area contributed by atoms with E-state index in [0.29, 0.717) is 12.0 Å². The highest BCUT2D eigenvalue weighted by Gasteiger charge is 2.19. The van der Waals surface area contributed by atoms with Crippen molar-refractivity contribution in [3.63, 3.8) is 0 Å². The number of carboxylic acid groups (broad SMARTS) is 2. The predicted octanol–water partition coefficient (Wildman–Crippen LogP) is 2.35. The van der Waals surface area contributed by atoms with Gasteiger partial charge in [-0.3, -0.25) is 4.79 Å². The molecule has 1 unspecified atom stereocenters. The molecule has 0 saturated heterocycles. The average Bonchev–Trinajstić information content (AvgIpc) is 2.25. The Balaban J connectivity index is 3.08. The van der Waals surface area contributed by atoms with Crippen molar-refractivity contribution >= 4 is 11.9 Å². The molecule has 0 aliphatic heterocycles. The second-order valence-electron chi connectivity index (χ2n) is 3.60. The van der Waals surface area contributed by atoms with Gasteiger partial charge in [0.2, 0.25) is 0 Å². The van der Waals surface area contributed by atoms with Crippen LogP contribution in [0.15, 0.2) is 24.3 Å². The molecule has 0 fully saturated rings. The predicted molar refractivity (Wildman–Crippen MR) is 58.7 cm³/mol. The molecule has 86 valence electrons. The maximum absolute atomic E-state index is 11.0. The summed E-state index contributed by atoms with van der Waals surface area (Å²) in [6.07, 6.45) is 0.567. The van der Waals surface area contributed by atoms with E-state index in [0.717, 1.165) is 0 Å². The van der Waals surface area contributed by atoms with E-state index in [1.807, 2.05) is 6.92 Å². The Labute approximate surface area is 93.5 Å². The standard InChI is InChI=1S/C12H14O4/c1-2-8(7-11(13)14)9-5-3-4-6-10(9)12(15)16/h3-6,8H,2,7H2,1H3,(H,13,14)(H,15,16). The van der Waals surface area contributed by atoms with Crippen molar-refractivity contribution in [3.05, 3.63) is 35.4 Å². The topological polar surface area (TPSA) is 74.6 Å². The highest BCUT2D eigenvalue weighted by molar-refractivity contribution is 5.89. The van der Waals surface area contributed by atoms with Crippen molar-refractivity contribution in [2.45, 2.75) is 25.7 Å². The van der Waals surface area contributed by atoms with E-state index >= 15 is 0 Å². The molecule has 0 aromatic heterocycles. The van der Waals surface area contributed by atoms with Crippen molar-refractivity contribution in [2.75, 3.05) is 0 Å². The Hall–Kier alpha value is -1.84. The van der Waals surface area contributed by atoms with Crippen LogP contribution in [-0.2, 0) is 4.79 Å². The van der Waals surface area contributed by atoms with E-state index in [1.165, 1.54) is 6.07 Å². The Morgan fingerprint density at radius 3 is 2.38 bits per heavy atom. The van der Waals surface area contributed by atoms with Crippen molar-refractivity contribution in [1.82, 2.24) is 0 Å². The zero-order chi connectivity index (χ0) is 12.1. The highest BCUT2D eigenvalue weighted by Crippen LogP contribution is 2.26. The largest absolute Gasteiger partial charge is 0.481 e. The monoisotopic (exact) mass is 222 g/mol. The van der Waals surface area contributed by atoms with Crippen molar-refractivity contribution in [2.24, 2.45) is 0 Å². The lowest BCUT2D eigenvalue weighted by Crippen LogP contribution is -2.10. The van der Waals surface area contributed by atoms with Crippen molar-refractivity contribution in [1.29, 1.82) is 0 Å². The summed E-state index contributed by atoms with van der Waals surface area (Å²) in [4.78, 5) is 21.7. The first-order valence-corrected chi connectivity index (χ1v) is 5.10. The van der Waals surface area contributed by atoms with Crippen LogP contribution in [0.4, 0.5) is 0 Å². The molecule has 16 heavy (non-hydrogen) atoms. The van der Waals surface area contributed by atoms with Gasteiger partial charge < -0.3 is 10.2 Å². The summed E-state index contributed by atoms with van der Waals surface area (Å²) in [7, 11) is 0. The van der Waals surface area contributed by atoms with E-state index in [2.05, 4.69) is 0 Å². The molecule has 0 spiro atoms. The highest BCUT2D eigenvalue weighted by atomic mass is 16.4. The first kappa shape index (κ1) is 12.2. The molecule has 0 heterocycles. The lowest BCUT2D eigenvalue weighted by Gasteiger charge is -2.15. The molecule has 4 heteroatoms. The van der Waals surface area contributed by atoms with E-state index in [1.54, 1.807) is 18.2 Å². The van der Waals surface area contributed by atoms with Gasteiger partial charge in [0.05, 0.1) is 12.0 Å². The van der Waals surface area contributed by atoms with Gasteiger partial charge in [-0.05, 0) is 24.0 Å². The number of benzene rings is 1. The molecule has 0 radical (unpaired) electrons. The maximum Gasteiger partial charge on any atom is 0.335 e. The number of rotatable bonds is 5. The summed E-state index contributed by atoms with van der Waals surface area (Å²) >= 11 is 0. The van der Waals surface area contributed by atoms with Gasteiger partial charge in [-0.15, -0.1) is 0 Å². The van der Waals surface area contributed by atoms with E-state index in [-0.39, 0.29) is 17.9 Å². The molecule has 2 N–H and O–H groups in total. The van der Waals surface area contributed by atoms with E-state index in [4.69, 9.17) is 10.2 Å². The minimum atomic E-state index is -1.01. The smallest absolute Gasteiger partial charge is 0.335 e. The van der Waals surface area contributed by atoms with Crippen molar-refractivity contribution < 1.29 is 19.8 Å². The first-order valence-electron chi connectivity index (χ1n) is 5.10. The molecule has 1 aromatic rings. The number of aliphatic carboxylic acids is 1. The molecule has 1 atom stereocenters. The van der Waals surface area contributed by atoms with Crippen LogP contribution in [0.25, 0.3) is 0 Å².